The van der Waals surface area contributed by atoms with Crippen LogP contribution >= 0.6 is 10.2 Å². The fourth-order valence-corrected chi connectivity index (χ4v) is 2.51. The van der Waals surface area contributed by atoms with Gasteiger partial charge in [0.05, 0.1) is 4.92 Å². The fourth-order valence-electron chi connectivity index (χ4n) is 1.18. The quantitative estimate of drug-likeness (QED) is 0.246. The second-order valence-corrected chi connectivity index (χ2v) is 7.75. The summed E-state index contributed by atoms with van der Waals surface area (Å²) >= 11 is 0. The Balaban J connectivity index is 3.59. The molecule has 0 amide bonds. The normalized spacial score (nSPS) is 16.3. The summed E-state index contributed by atoms with van der Waals surface area (Å²) in [4.78, 5) is 5.30. The zero-order valence-corrected chi connectivity index (χ0v) is 11.7. The lowest BCUT2D eigenvalue weighted by Crippen LogP contribution is -2.28. The summed E-state index contributed by atoms with van der Waals surface area (Å²) in [5.41, 5.74) is -8.23. The number of hydrogen-bond acceptors (Lipinski definition) is 5. The van der Waals surface area contributed by atoms with E-state index in [0.29, 0.717) is 0 Å². The van der Waals surface area contributed by atoms with Crippen LogP contribution in [0.3, 0.4) is 0 Å². The van der Waals surface area contributed by atoms with E-state index in [4.69, 9.17) is 0 Å². The van der Waals surface area contributed by atoms with Crippen molar-refractivity contribution in [3.8, 4) is 5.75 Å². The summed E-state index contributed by atoms with van der Waals surface area (Å²) in [6, 6.07) is -1.15. The van der Waals surface area contributed by atoms with Gasteiger partial charge < -0.3 is 4.18 Å². The van der Waals surface area contributed by atoms with Crippen LogP contribution in [0, 0.1) is 10.1 Å². The number of hydrogen-bond donors (Lipinski definition) is 0. The number of nitro benzene ring substituents is 1. The van der Waals surface area contributed by atoms with Crippen molar-refractivity contribution >= 4 is 26.0 Å². The summed E-state index contributed by atoms with van der Waals surface area (Å²) in [6.45, 7) is 0. The van der Waals surface area contributed by atoms with Crippen molar-refractivity contribution in [1.82, 2.24) is 0 Å². The maximum atomic E-state index is 12.7. The first-order valence-corrected chi connectivity index (χ1v) is 8.14. The van der Waals surface area contributed by atoms with Gasteiger partial charge in [0.2, 0.25) is 0 Å². The fraction of sp³-hybridized carbons (Fsp3) is 0.143. The Hall–Kier alpha value is -1.84. The average Bonchev–Trinajstić information content (AvgIpc) is 2.23. The van der Waals surface area contributed by atoms with Gasteiger partial charge in [-0.25, -0.2) is 0 Å². The van der Waals surface area contributed by atoms with Gasteiger partial charge in [-0.3, -0.25) is 10.1 Å². The Morgan fingerprint density at radius 2 is 1.57 bits per heavy atom. The molecule has 0 saturated carbocycles. The highest BCUT2D eigenvalue weighted by Gasteiger charge is 2.69. The highest BCUT2D eigenvalue weighted by atomic mass is 32.5. The minimum atomic E-state index is -10.7. The number of nitro groups is 1. The van der Waals surface area contributed by atoms with Gasteiger partial charge in [0.25, 0.3) is 5.69 Å². The van der Waals surface area contributed by atoms with Crippen LogP contribution in [0.2, 0.25) is 0 Å². The van der Waals surface area contributed by atoms with Crippen molar-refractivity contribution in [1.29, 1.82) is 0 Å². The van der Waals surface area contributed by atoms with Crippen molar-refractivity contribution in [3.05, 3.63) is 28.3 Å². The monoisotopic (exact) mass is 397 g/mol. The lowest BCUT2D eigenvalue weighted by atomic mass is 10.3. The maximum Gasteiger partial charge on any atom is 0.534 e. The predicted octanol–water partition coefficient (Wildman–Crippen LogP) is 4.48. The van der Waals surface area contributed by atoms with Crippen LogP contribution in [0.25, 0.3) is 0 Å². The Kier molecular flexibility index (Phi) is 3.65. The van der Waals surface area contributed by atoms with E-state index >= 15 is 0 Å². The third-order valence-corrected chi connectivity index (χ3v) is 4.17. The molecule has 0 spiro atoms. The third kappa shape index (κ3) is 4.34. The Morgan fingerprint density at radius 1 is 1.09 bits per heavy atom. The van der Waals surface area contributed by atoms with Gasteiger partial charge >= 0.3 is 25.9 Å². The molecule has 0 aliphatic carbocycles. The van der Waals surface area contributed by atoms with Gasteiger partial charge in [-0.1, -0.05) is 19.4 Å². The van der Waals surface area contributed by atoms with E-state index in [-0.39, 0.29) is 12.1 Å². The molecular weight excluding hydrogens is 394 g/mol. The smallest absolute Gasteiger partial charge is 0.376 e. The van der Waals surface area contributed by atoms with Gasteiger partial charge in [0.15, 0.2) is 4.90 Å². The molecule has 0 unspecified atom stereocenters. The molecule has 16 heteroatoms. The van der Waals surface area contributed by atoms with Gasteiger partial charge in [-0.2, -0.15) is 21.6 Å². The van der Waals surface area contributed by atoms with E-state index in [1.807, 2.05) is 0 Å². The van der Waals surface area contributed by atoms with Crippen LogP contribution in [0.15, 0.2) is 23.1 Å². The molecule has 0 bridgehead atoms. The summed E-state index contributed by atoms with van der Waals surface area (Å²) in [6.07, 6.45) is 0. The van der Waals surface area contributed by atoms with Crippen LogP contribution in [0.1, 0.15) is 0 Å². The van der Waals surface area contributed by atoms with Crippen molar-refractivity contribution in [3.63, 3.8) is 0 Å². The number of benzene rings is 1. The summed E-state index contributed by atoms with van der Waals surface area (Å²) in [5.74, 6) is -1.82. The summed E-state index contributed by atoms with van der Waals surface area (Å²) < 4.78 is 124. The predicted molar refractivity (Wildman–Crippen MR) is 60.1 cm³/mol. The van der Waals surface area contributed by atoms with Crippen LogP contribution in [-0.2, 0) is 10.1 Å². The molecule has 1 aromatic rings. The van der Waals surface area contributed by atoms with Gasteiger partial charge in [-0.15, -0.1) is 0 Å². The second-order valence-electron chi connectivity index (χ2n) is 3.84. The van der Waals surface area contributed by atoms with Gasteiger partial charge in [0.1, 0.15) is 5.75 Å². The Labute approximate surface area is 121 Å². The van der Waals surface area contributed by atoms with E-state index in [0.717, 1.165) is 0 Å². The highest BCUT2D eigenvalue weighted by Crippen LogP contribution is 3.03. The van der Waals surface area contributed by atoms with Crippen molar-refractivity contribution in [2.24, 2.45) is 0 Å². The standard InChI is InChI=1S/C7H3F8NO5S2/c8-7(9,10)22(19,20)21-4-1-2-5(16(17)18)6(3-4)23(11,12,13,14)15/h1-3H. The molecule has 0 N–H and O–H groups in total. The van der Waals surface area contributed by atoms with Crippen molar-refractivity contribution < 1.29 is 50.1 Å². The van der Waals surface area contributed by atoms with Gasteiger partial charge in [-0.05, 0) is 6.07 Å². The zero-order valence-electron chi connectivity index (χ0n) is 10.1. The first-order valence-electron chi connectivity index (χ1n) is 4.78. The average molecular weight is 397 g/mol. The molecule has 0 aliphatic rings. The molecule has 0 aromatic heterocycles. The van der Waals surface area contributed by atoms with Crippen LogP contribution in [0.4, 0.5) is 38.3 Å². The molecule has 0 atom stereocenters. The molecule has 0 fully saturated rings. The second kappa shape index (κ2) is 4.37. The van der Waals surface area contributed by atoms with Crippen LogP contribution in [0.5, 0.6) is 5.75 Å². The molecule has 1 rings (SSSR count). The number of rotatable bonds is 4. The number of nitrogens with zero attached hydrogens (tertiary/aromatic N) is 1. The van der Waals surface area contributed by atoms with Crippen molar-refractivity contribution in [2.75, 3.05) is 0 Å². The molecule has 134 valence electrons. The Morgan fingerprint density at radius 3 is 1.91 bits per heavy atom. The highest BCUT2D eigenvalue weighted by molar-refractivity contribution is 8.45. The molecular formula is C7H3F8NO5S2. The lowest BCUT2D eigenvalue weighted by Gasteiger charge is -2.39. The lowest BCUT2D eigenvalue weighted by molar-refractivity contribution is -0.388. The van der Waals surface area contributed by atoms with E-state index in [1.165, 1.54) is 0 Å². The largest absolute Gasteiger partial charge is 0.534 e. The zero-order chi connectivity index (χ0) is 18.5. The topological polar surface area (TPSA) is 86.5 Å². The van der Waals surface area contributed by atoms with Crippen molar-refractivity contribution in [2.45, 2.75) is 10.4 Å². The number of halogens is 8. The summed E-state index contributed by atoms with van der Waals surface area (Å²) in [7, 11) is -17.2. The molecule has 0 heterocycles. The molecule has 6 nitrogen and oxygen atoms in total. The molecule has 0 aliphatic heterocycles. The van der Waals surface area contributed by atoms with E-state index in [1.54, 1.807) is 0 Å². The summed E-state index contributed by atoms with van der Waals surface area (Å²) in [5, 5.41) is 10.4. The first kappa shape index (κ1) is 19.2. The minimum Gasteiger partial charge on any atom is -0.376 e. The molecule has 1 aromatic carbocycles. The maximum absolute atomic E-state index is 12.7. The number of alkyl halides is 3. The molecule has 0 saturated heterocycles. The molecule has 23 heavy (non-hydrogen) atoms. The van der Waals surface area contributed by atoms with E-state index < -0.39 is 53.2 Å². The van der Waals surface area contributed by atoms with Gasteiger partial charge in [0, 0.05) is 12.1 Å². The van der Waals surface area contributed by atoms with Crippen LogP contribution < -0.4 is 4.18 Å². The SMILES string of the molecule is O=[N+]([O-])c1ccc(OS(=O)(=O)C(F)(F)F)cc1S(F)(F)(F)(F)F. The third-order valence-electron chi connectivity index (χ3n) is 2.03. The first-order chi connectivity index (χ1) is 9.74. The van der Waals surface area contributed by atoms with E-state index in [2.05, 4.69) is 4.18 Å². The van der Waals surface area contributed by atoms with E-state index in [9.17, 15) is 51.1 Å². The Bertz CT molecular complexity index is 769. The minimum absolute atomic E-state index is 0.00553. The van der Waals surface area contributed by atoms with Crippen LogP contribution in [-0.4, -0.2) is 18.8 Å². The molecule has 0 radical (unpaired) electrons.